The number of hydrogen-bond acceptors (Lipinski definition) is 3. The van der Waals surface area contributed by atoms with Crippen molar-refractivity contribution >= 4 is 33.2 Å². The molecule has 4 rings (SSSR count). The highest BCUT2D eigenvalue weighted by molar-refractivity contribution is 7.94. The van der Waals surface area contributed by atoms with E-state index < -0.39 is 10.0 Å². The zero-order chi connectivity index (χ0) is 20.4. The smallest absolute Gasteiger partial charge is 0.251 e. The number of hydrogen-bond donors (Lipinski definition) is 2. The number of nitrogens with one attached hydrogen (secondary N) is 2. The largest absolute Gasteiger partial charge is 0.572 e. The fourth-order valence-corrected chi connectivity index (χ4v) is 5.09. The molecule has 0 spiro atoms. The highest BCUT2D eigenvalue weighted by atomic mass is 35.5. The Morgan fingerprint density at radius 1 is 1.03 bits per heavy atom. The third-order valence-corrected chi connectivity index (χ3v) is 7.19. The third-order valence-electron chi connectivity index (χ3n) is 5.58. The monoisotopic (exact) mass is 433 g/mol. The number of sulfonamides is 1. The molecule has 2 fully saturated rings. The highest BCUT2D eigenvalue weighted by Gasteiger charge is 2.36. The Bertz CT molecular complexity index is 1000. The Hall–Kier alpha value is -2.09. The van der Waals surface area contributed by atoms with Crippen molar-refractivity contribution in [3.63, 3.8) is 0 Å². The van der Waals surface area contributed by atoms with Gasteiger partial charge in [-0.1, -0.05) is 35.9 Å². The second-order valence-electron chi connectivity index (χ2n) is 7.73. The number of amides is 1. The van der Waals surface area contributed by atoms with Crippen LogP contribution in [0.5, 0.6) is 0 Å². The minimum atomic E-state index is -3.98. The van der Waals surface area contributed by atoms with Crippen molar-refractivity contribution in [2.45, 2.75) is 42.7 Å². The summed E-state index contributed by atoms with van der Waals surface area (Å²) in [5, 5.41) is 3.31. The summed E-state index contributed by atoms with van der Waals surface area (Å²) in [4.78, 5) is 14.3. The van der Waals surface area contributed by atoms with Crippen molar-refractivity contribution in [3.05, 3.63) is 63.8 Å². The van der Waals surface area contributed by atoms with Crippen LogP contribution in [-0.2, 0) is 10.0 Å². The normalized spacial score (nSPS) is 22.1. The predicted molar refractivity (Wildman–Crippen MR) is 112 cm³/mol. The van der Waals surface area contributed by atoms with Crippen LogP contribution in [-0.4, -0.2) is 39.5 Å². The van der Waals surface area contributed by atoms with E-state index in [0.29, 0.717) is 5.56 Å². The lowest BCUT2D eigenvalue weighted by Gasteiger charge is -2.30. The molecule has 0 atom stereocenters. The van der Waals surface area contributed by atoms with Crippen LogP contribution in [0.2, 0.25) is 5.02 Å². The van der Waals surface area contributed by atoms with E-state index in [1.807, 2.05) is 0 Å². The van der Waals surface area contributed by atoms with Gasteiger partial charge in [-0.3, -0.25) is 4.79 Å². The maximum absolute atomic E-state index is 12.7. The van der Waals surface area contributed by atoms with Crippen LogP contribution in [0, 0.1) is 0 Å². The first-order valence-corrected chi connectivity index (χ1v) is 11.7. The molecule has 1 amide bonds. The van der Waals surface area contributed by atoms with Gasteiger partial charge in [0.25, 0.3) is 5.91 Å². The van der Waals surface area contributed by atoms with Gasteiger partial charge in [0.2, 0.25) is 0 Å². The molecule has 1 aliphatic heterocycles. The van der Waals surface area contributed by atoms with Gasteiger partial charge in [-0.05, 0) is 24.3 Å². The zero-order valence-electron chi connectivity index (χ0n) is 16.0. The number of nitrogens with zero attached hydrogens (tertiary/aromatic N) is 1. The van der Waals surface area contributed by atoms with Crippen molar-refractivity contribution in [2.75, 3.05) is 13.1 Å². The highest BCUT2D eigenvalue weighted by Crippen LogP contribution is 2.33. The molecular weight excluding hydrogens is 410 g/mol. The maximum Gasteiger partial charge on any atom is 0.251 e. The average molecular weight is 434 g/mol. The van der Waals surface area contributed by atoms with E-state index in [9.17, 15) is 13.2 Å². The van der Waals surface area contributed by atoms with E-state index in [1.165, 1.54) is 31.0 Å². The number of carbonyl (C=O) groups excluding carboxylic acids is 1. The van der Waals surface area contributed by atoms with Gasteiger partial charge in [-0.25, -0.2) is 8.42 Å². The lowest BCUT2D eigenvalue weighted by atomic mass is 10.0. The number of likely N-dealkylation sites (tertiary alicyclic amines) is 1. The van der Waals surface area contributed by atoms with Crippen LogP contribution in [0.3, 0.4) is 0 Å². The van der Waals surface area contributed by atoms with E-state index in [2.05, 4.69) is 10.0 Å². The number of halogens is 1. The lowest BCUT2D eigenvalue weighted by molar-refractivity contribution is -0.916. The molecule has 2 aliphatic rings. The second-order valence-corrected chi connectivity index (χ2v) is 9.74. The van der Waals surface area contributed by atoms with Gasteiger partial charge in [0, 0.05) is 42.3 Å². The lowest BCUT2D eigenvalue weighted by Crippen LogP contribution is -3.14. The van der Waals surface area contributed by atoms with Gasteiger partial charge in [0.05, 0.1) is 24.0 Å². The number of carbonyl (C=O) groups is 1. The van der Waals surface area contributed by atoms with Crippen molar-refractivity contribution in [3.8, 4) is 0 Å². The summed E-state index contributed by atoms with van der Waals surface area (Å²) in [6.45, 7) is 2.17. The van der Waals surface area contributed by atoms with Gasteiger partial charge >= 0.3 is 0 Å². The zero-order valence-corrected chi connectivity index (χ0v) is 17.5. The molecule has 0 aromatic heterocycles. The summed E-state index contributed by atoms with van der Waals surface area (Å²) in [7, 11) is -3.98. The molecule has 2 N–H and O–H groups in total. The Balaban J connectivity index is 1.42. The standard InChI is InChI=1S/C21H23ClN3O3S/c22-19-6-1-2-7-20(19)24-29(27,28)18-5-3-4-15(14-18)21(26)23-16-10-12-25(13-11-16)17-8-9-17/h1-7,14,16-17H,8-13H2,(H,23,26)/q-1/p+1. The molecule has 6 nitrogen and oxygen atoms in total. The summed E-state index contributed by atoms with van der Waals surface area (Å²) in [6, 6.07) is 13.4. The molecule has 0 unspecified atom stereocenters. The van der Waals surface area contributed by atoms with Crippen LogP contribution in [0.25, 0.3) is 4.72 Å². The molecule has 1 saturated heterocycles. The summed E-state index contributed by atoms with van der Waals surface area (Å²) in [6.07, 6.45) is 4.56. The molecule has 2 aromatic rings. The van der Waals surface area contributed by atoms with Gasteiger partial charge in [-0.2, -0.15) is 0 Å². The van der Waals surface area contributed by atoms with Crippen molar-refractivity contribution in [2.24, 2.45) is 0 Å². The maximum atomic E-state index is 12.7. The molecule has 1 saturated carbocycles. The summed E-state index contributed by atoms with van der Waals surface area (Å²) in [5.74, 6) is -0.250. The van der Waals surface area contributed by atoms with E-state index in [4.69, 9.17) is 11.6 Å². The van der Waals surface area contributed by atoms with Crippen LogP contribution in [0.4, 0.5) is 5.69 Å². The molecule has 1 aliphatic carbocycles. The van der Waals surface area contributed by atoms with E-state index in [-0.39, 0.29) is 27.6 Å². The fourth-order valence-electron chi connectivity index (χ4n) is 3.81. The van der Waals surface area contributed by atoms with E-state index in [0.717, 1.165) is 32.0 Å². The number of piperidine rings is 1. The van der Waals surface area contributed by atoms with Crippen molar-refractivity contribution < 1.29 is 18.1 Å². The SMILES string of the molecule is O=C(NC1CC[NH+](C2CC2)CC1)c1cccc(S(=O)(=O)[N-]c2ccccc2Cl)c1. The molecule has 8 heteroatoms. The number of benzene rings is 2. The van der Waals surface area contributed by atoms with Crippen molar-refractivity contribution in [1.82, 2.24) is 5.32 Å². The Labute approximate surface area is 176 Å². The number of quaternary nitrogens is 1. The number of rotatable bonds is 6. The second kappa shape index (κ2) is 8.34. The van der Waals surface area contributed by atoms with E-state index >= 15 is 0 Å². The first kappa shape index (κ1) is 20.2. The summed E-state index contributed by atoms with van der Waals surface area (Å²) >= 11 is 6.02. The minimum absolute atomic E-state index is 0.0296. The summed E-state index contributed by atoms with van der Waals surface area (Å²) in [5.41, 5.74) is 0.492. The third kappa shape index (κ3) is 4.91. The molecule has 154 valence electrons. The fraction of sp³-hybridized carbons (Fsp3) is 0.381. The summed E-state index contributed by atoms with van der Waals surface area (Å²) < 4.78 is 29.1. The molecule has 0 radical (unpaired) electrons. The molecule has 2 aromatic carbocycles. The van der Waals surface area contributed by atoms with Gasteiger partial charge in [0.1, 0.15) is 10.0 Å². The van der Waals surface area contributed by atoms with Gasteiger partial charge in [-0.15, -0.1) is 5.69 Å². The van der Waals surface area contributed by atoms with Crippen LogP contribution in [0.1, 0.15) is 36.0 Å². The first-order valence-electron chi connectivity index (χ1n) is 9.90. The Morgan fingerprint density at radius 3 is 2.45 bits per heavy atom. The predicted octanol–water partition coefficient (Wildman–Crippen LogP) is 2.67. The Morgan fingerprint density at radius 2 is 1.76 bits per heavy atom. The van der Waals surface area contributed by atoms with Gasteiger partial charge < -0.3 is 14.9 Å². The van der Waals surface area contributed by atoms with Crippen LogP contribution < -0.4 is 10.2 Å². The molecule has 0 bridgehead atoms. The topological polar surface area (TPSA) is 81.8 Å². The van der Waals surface area contributed by atoms with Gasteiger partial charge in [0.15, 0.2) is 0 Å². The first-order chi connectivity index (χ1) is 13.9. The van der Waals surface area contributed by atoms with Crippen LogP contribution in [0.15, 0.2) is 53.4 Å². The Kier molecular flexibility index (Phi) is 5.81. The molecular formula is C21H24ClN3O3S. The van der Waals surface area contributed by atoms with E-state index in [1.54, 1.807) is 35.2 Å². The minimum Gasteiger partial charge on any atom is -0.572 e. The van der Waals surface area contributed by atoms with Crippen LogP contribution >= 0.6 is 11.6 Å². The molecule has 1 heterocycles. The van der Waals surface area contributed by atoms with Crippen molar-refractivity contribution in [1.29, 1.82) is 0 Å². The molecule has 29 heavy (non-hydrogen) atoms. The quantitative estimate of drug-likeness (QED) is 0.734. The average Bonchev–Trinajstić information content (AvgIpc) is 3.56.